The Balaban J connectivity index is 2.88. The van der Waals surface area contributed by atoms with Crippen molar-refractivity contribution in [1.29, 1.82) is 0 Å². The van der Waals surface area contributed by atoms with Crippen molar-refractivity contribution in [2.75, 3.05) is 0 Å². The number of imidazole rings is 1. The minimum atomic E-state index is -1.02. The Bertz CT molecular complexity index is 243. The first-order valence-corrected chi connectivity index (χ1v) is 2.71. The average molecular weight is 141 g/mol. The van der Waals surface area contributed by atoms with Gasteiger partial charge in [-0.05, 0) is 0 Å². The van der Waals surface area contributed by atoms with E-state index in [2.05, 4.69) is 9.97 Å². The molecule has 0 aliphatic rings. The molecule has 10 heavy (non-hydrogen) atoms. The average Bonchev–Trinajstić information content (AvgIpc) is 2.34. The summed E-state index contributed by atoms with van der Waals surface area (Å²) in [5.41, 5.74) is 5.25. The summed E-state index contributed by atoms with van der Waals surface area (Å²) in [5, 5.41) is 8.38. The summed E-state index contributed by atoms with van der Waals surface area (Å²) in [6.45, 7) is 0.229. The molecule has 0 unspecified atom stereocenters. The summed E-state index contributed by atoms with van der Waals surface area (Å²) in [7, 11) is 0. The number of rotatable bonds is 2. The molecule has 0 fully saturated rings. The van der Waals surface area contributed by atoms with Gasteiger partial charge in [-0.3, -0.25) is 0 Å². The maximum atomic E-state index is 10.2. The third kappa shape index (κ3) is 1.14. The topological polar surface area (TPSA) is 92.0 Å². The number of carboxylic acids is 1. The Morgan fingerprint density at radius 1 is 1.90 bits per heavy atom. The van der Waals surface area contributed by atoms with Crippen LogP contribution in [0.5, 0.6) is 0 Å². The Kier molecular flexibility index (Phi) is 1.68. The standard InChI is InChI=1S/C5H7N3O2/c6-1-4-7-2-3(8-4)5(9)10/h2H,1,6H2,(H,7,8)(H,9,10). The highest BCUT2D eigenvalue weighted by Gasteiger charge is 2.04. The van der Waals surface area contributed by atoms with E-state index in [9.17, 15) is 4.79 Å². The van der Waals surface area contributed by atoms with Crippen molar-refractivity contribution in [1.82, 2.24) is 9.97 Å². The predicted molar refractivity (Wildman–Crippen MR) is 33.4 cm³/mol. The third-order valence-corrected chi connectivity index (χ3v) is 1.05. The smallest absolute Gasteiger partial charge is 0.353 e. The molecule has 0 amide bonds. The summed E-state index contributed by atoms with van der Waals surface area (Å²) in [4.78, 5) is 16.4. The SMILES string of the molecule is NCc1ncc(C(=O)O)[nH]1. The molecule has 4 N–H and O–H groups in total. The fraction of sp³-hybridized carbons (Fsp3) is 0.200. The van der Waals surface area contributed by atoms with Crippen LogP contribution in [0.25, 0.3) is 0 Å². The van der Waals surface area contributed by atoms with Crippen LogP contribution in [0.15, 0.2) is 6.20 Å². The summed E-state index contributed by atoms with van der Waals surface area (Å²) in [6.07, 6.45) is 1.24. The molecule has 5 heteroatoms. The molecule has 0 saturated heterocycles. The molecule has 1 aromatic rings. The van der Waals surface area contributed by atoms with Crippen molar-refractivity contribution < 1.29 is 9.90 Å². The van der Waals surface area contributed by atoms with Crippen molar-refractivity contribution in [2.24, 2.45) is 5.73 Å². The van der Waals surface area contributed by atoms with Gasteiger partial charge in [-0.2, -0.15) is 0 Å². The number of H-pyrrole nitrogens is 1. The molecule has 1 heterocycles. The molecular weight excluding hydrogens is 134 g/mol. The molecule has 5 nitrogen and oxygen atoms in total. The normalized spacial score (nSPS) is 9.70. The molecule has 0 aliphatic carbocycles. The largest absolute Gasteiger partial charge is 0.477 e. The summed E-state index contributed by atoms with van der Waals surface area (Å²) < 4.78 is 0. The van der Waals surface area contributed by atoms with Crippen molar-refractivity contribution in [3.05, 3.63) is 17.7 Å². The van der Waals surface area contributed by atoms with E-state index in [-0.39, 0.29) is 12.2 Å². The predicted octanol–water partition coefficient (Wildman–Crippen LogP) is -0.433. The molecule has 0 aromatic carbocycles. The van der Waals surface area contributed by atoms with Gasteiger partial charge in [0.2, 0.25) is 0 Å². The molecule has 0 radical (unpaired) electrons. The van der Waals surface area contributed by atoms with Gasteiger partial charge in [0.15, 0.2) is 0 Å². The monoisotopic (exact) mass is 141 g/mol. The Hall–Kier alpha value is -1.36. The van der Waals surface area contributed by atoms with Crippen LogP contribution in [0.1, 0.15) is 16.3 Å². The zero-order valence-corrected chi connectivity index (χ0v) is 5.16. The maximum absolute atomic E-state index is 10.2. The number of aromatic nitrogens is 2. The van der Waals surface area contributed by atoms with Gasteiger partial charge >= 0.3 is 5.97 Å². The number of aromatic carboxylic acids is 1. The minimum absolute atomic E-state index is 0.0699. The number of hydrogen-bond donors (Lipinski definition) is 3. The first-order chi connectivity index (χ1) is 4.74. The van der Waals surface area contributed by atoms with E-state index in [1.165, 1.54) is 6.20 Å². The quantitative estimate of drug-likeness (QED) is 0.521. The van der Waals surface area contributed by atoms with Crippen molar-refractivity contribution in [3.8, 4) is 0 Å². The van der Waals surface area contributed by atoms with Crippen molar-refractivity contribution >= 4 is 5.97 Å². The Morgan fingerprint density at radius 3 is 2.90 bits per heavy atom. The van der Waals surface area contributed by atoms with Gasteiger partial charge in [0, 0.05) is 0 Å². The zero-order chi connectivity index (χ0) is 7.56. The number of carboxylic acid groups (broad SMARTS) is 1. The Morgan fingerprint density at radius 2 is 2.60 bits per heavy atom. The van der Waals surface area contributed by atoms with Gasteiger partial charge in [-0.1, -0.05) is 0 Å². The number of nitrogens with two attached hydrogens (primary N) is 1. The molecule has 1 rings (SSSR count). The molecule has 0 saturated carbocycles. The van der Waals surface area contributed by atoms with Crippen LogP contribution in [0.3, 0.4) is 0 Å². The number of aromatic amines is 1. The van der Waals surface area contributed by atoms with Gasteiger partial charge in [0.05, 0.1) is 12.7 Å². The van der Waals surface area contributed by atoms with E-state index in [1.807, 2.05) is 0 Å². The molecule has 0 bridgehead atoms. The van der Waals surface area contributed by atoms with Crippen LogP contribution in [0.2, 0.25) is 0 Å². The van der Waals surface area contributed by atoms with Crippen LogP contribution >= 0.6 is 0 Å². The lowest BCUT2D eigenvalue weighted by Gasteiger charge is -1.85. The van der Waals surface area contributed by atoms with E-state index in [0.717, 1.165) is 0 Å². The van der Waals surface area contributed by atoms with Gasteiger partial charge < -0.3 is 15.8 Å². The Labute approximate surface area is 56.9 Å². The lowest BCUT2D eigenvalue weighted by atomic mass is 10.5. The lowest BCUT2D eigenvalue weighted by Crippen LogP contribution is -2.00. The molecule has 1 aromatic heterocycles. The van der Waals surface area contributed by atoms with E-state index in [1.54, 1.807) is 0 Å². The van der Waals surface area contributed by atoms with Crippen LogP contribution < -0.4 is 5.73 Å². The van der Waals surface area contributed by atoms with Gasteiger partial charge in [0.1, 0.15) is 11.5 Å². The first kappa shape index (κ1) is 6.76. The summed E-state index contributed by atoms with van der Waals surface area (Å²) >= 11 is 0. The van der Waals surface area contributed by atoms with Gasteiger partial charge in [0.25, 0.3) is 0 Å². The first-order valence-electron chi connectivity index (χ1n) is 2.71. The molecule has 0 atom stereocenters. The highest BCUT2D eigenvalue weighted by atomic mass is 16.4. The van der Waals surface area contributed by atoms with Crippen LogP contribution in [-0.2, 0) is 6.54 Å². The number of carbonyl (C=O) groups is 1. The second kappa shape index (κ2) is 2.49. The zero-order valence-electron chi connectivity index (χ0n) is 5.16. The van der Waals surface area contributed by atoms with E-state index < -0.39 is 5.97 Å². The molecule has 0 aliphatic heterocycles. The minimum Gasteiger partial charge on any atom is -0.477 e. The van der Waals surface area contributed by atoms with Crippen molar-refractivity contribution in [3.63, 3.8) is 0 Å². The molecule has 54 valence electrons. The summed E-state index contributed by atoms with van der Waals surface area (Å²) in [6, 6.07) is 0. The highest BCUT2D eigenvalue weighted by molar-refractivity contribution is 5.84. The third-order valence-electron chi connectivity index (χ3n) is 1.05. The van der Waals surface area contributed by atoms with Crippen LogP contribution in [0.4, 0.5) is 0 Å². The van der Waals surface area contributed by atoms with Crippen LogP contribution in [-0.4, -0.2) is 21.0 Å². The van der Waals surface area contributed by atoms with Gasteiger partial charge in [-0.25, -0.2) is 9.78 Å². The van der Waals surface area contributed by atoms with Crippen molar-refractivity contribution in [2.45, 2.75) is 6.54 Å². The number of nitrogens with one attached hydrogen (secondary N) is 1. The van der Waals surface area contributed by atoms with Gasteiger partial charge in [-0.15, -0.1) is 0 Å². The second-order valence-corrected chi connectivity index (χ2v) is 1.75. The van der Waals surface area contributed by atoms with E-state index in [4.69, 9.17) is 10.8 Å². The number of nitrogens with zero attached hydrogens (tertiary/aromatic N) is 1. The van der Waals surface area contributed by atoms with E-state index in [0.29, 0.717) is 5.82 Å². The highest BCUT2D eigenvalue weighted by Crippen LogP contribution is 1.94. The lowest BCUT2D eigenvalue weighted by molar-refractivity contribution is 0.0691. The number of hydrogen-bond acceptors (Lipinski definition) is 3. The molecule has 0 spiro atoms. The van der Waals surface area contributed by atoms with E-state index >= 15 is 0 Å². The van der Waals surface area contributed by atoms with Crippen LogP contribution in [0, 0.1) is 0 Å². The fourth-order valence-electron chi connectivity index (χ4n) is 0.575. The maximum Gasteiger partial charge on any atom is 0.353 e. The second-order valence-electron chi connectivity index (χ2n) is 1.75. The summed E-state index contributed by atoms with van der Waals surface area (Å²) in [5.74, 6) is -0.537. The fourth-order valence-corrected chi connectivity index (χ4v) is 0.575. The molecular formula is C5H7N3O2.